The topological polar surface area (TPSA) is 17.1 Å². The first-order chi connectivity index (χ1) is 9.66. The lowest BCUT2D eigenvalue weighted by atomic mass is 9.79. The molecule has 102 valence electrons. The van der Waals surface area contributed by atoms with Gasteiger partial charge in [0, 0.05) is 16.5 Å². The van der Waals surface area contributed by atoms with Crippen LogP contribution < -0.4 is 0 Å². The molecule has 0 N–H and O–H groups in total. The number of Topliss-reactive ketones (excluding diaryl/α,β-unsaturated/α-hetero) is 1. The SMILES string of the molecule is O=C(c1cc(Cl)ccc1Cl)C1CCCc2ccccc21. The van der Waals surface area contributed by atoms with Crippen molar-refractivity contribution in [2.24, 2.45) is 0 Å². The van der Waals surface area contributed by atoms with E-state index in [0.717, 1.165) is 24.8 Å². The number of carbonyl (C=O) groups excluding carboxylic acids is 1. The highest BCUT2D eigenvalue weighted by Gasteiger charge is 2.28. The maximum absolute atomic E-state index is 12.8. The largest absolute Gasteiger partial charge is 0.293 e. The molecule has 0 saturated heterocycles. The van der Waals surface area contributed by atoms with Gasteiger partial charge in [0.05, 0.1) is 5.02 Å². The van der Waals surface area contributed by atoms with Gasteiger partial charge in [0.2, 0.25) is 0 Å². The molecule has 0 radical (unpaired) electrons. The fourth-order valence-corrected chi connectivity index (χ4v) is 3.28. The summed E-state index contributed by atoms with van der Waals surface area (Å²) in [6.07, 6.45) is 2.95. The molecule has 1 aliphatic rings. The van der Waals surface area contributed by atoms with Crippen LogP contribution in [-0.4, -0.2) is 5.78 Å². The van der Waals surface area contributed by atoms with E-state index < -0.39 is 0 Å². The van der Waals surface area contributed by atoms with Crippen molar-refractivity contribution in [1.82, 2.24) is 0 Å². The third kappa shape index (κ3) is 2.48. The summed E-state index contributed by atoms with van der Waals surface area (Å²) in [7, 11) is 0. The molecule has 2 aromatic carbocycles. The highest BCUT2D eigenvalue weighted by molar-refractivity contribution is 6.36. The van der Waals surface area contributed by atoms with Crippen molar-refractivity contribution in [3.8, 4) is 0 Å². The molecule has 0 bridgehead atoms. The summed E-state index contributed by atoms with van der Waals surface area (Å²) in [5.41, 5.74) is 2.94. The zero-order chi connectivity index (χ0) is 14.1. The van der Waals surface area contributed by atoms with E-state index in [0.29, 0.717) is 15.6 Å². The van der Waals surface area contributed by atoms with Crippen LogP contribution in [0.25, 0.3) is 0 Å². The average molecular weight is 305 g/mol. The minimum atomic E-state index is -0.101. The molecule has 0 aliphatic heterocycles. The number of ketones is 1. The van der Waals surface area contributed by atoms with Crippen LogP contribution in [0.3, 0.4) is 0 Å². The summed E-state index contributed by atoms with van der Waals surface area (Å²) in [6.45, 7) is 0. The molecule has 0 saturated carbocycles. The molecule has 0 amide bonds. The van der Waals surface area contributed by atoms with E-state index in [2.05, 4.69) is 12.1 Å². The number of fused-ring (bicyclic) bond motifs is 1. The third-order valence-electron chi connectivity index (χ3n) is 3.88. The standard InChI is InChI=1S/C17H14Cl2O/c18-12-8-9-16(19)15(10-12)17(20)14-7-3-5-11-4-1-2-6-13(11)14/h1-2,4,6,8-10,14H,3,5,7H2. The molecule has 2 aromatic rings. The molecular formula is C17H14Cl2O. The number of rotatable bonds is 2. The number of benzene rings is 2. The van der Waals surface area contributed by atoms with Gasteiger partial charge in [0.25, 0.3) is 0 Å². The minimum Gasteiger partial charge on any atom is -0.293 e. The second-order valence-electron chi connectivity index (χ2n) is 5.13. The van der Waals surface area contributed by atoms with Crippen molar-refractivity contribution < 1.29 is 4.79 Å². The summed E-state index contributed by atoms with van der Waals surface area (Å²) in [4.78, 5) is 12.8. The number of carbonyl (C=O) groups is 1. The molecule has 0 fully saturated rings. The predicted molar refractivity (Wildman–Crippen MR) is 82.9 cm³/mol. The monoisotopic (exact) mass is 304 g/mol. The molecule has 20 heavy (non-hydrogen) atoms. The van der Waals surface area contributed by atoms with Crippen LogP contribution in [0.2, 0.25) is 10.0 Å². The van der Waals surface area contributed by atoms with Gasteiger partial charge in [-0.05, 0) is 48.6 Å². The first-order valence-electron chi connectivity index (χ1n) is 6.74. The highest BCUT2D eigenvalue weighted by Crippen LogP contribution is 2.35. The van der Waals surface area contributed by atoms with Crippen molar-refractivity contribution in [2.75, 3.05) is 0 Å². The van der Waals surface area contributed by atoms with Gasteiger partial charge in [-0.2, -0.15) is 0 Å². The molecule has 1 nitrogen and oxygen atoms in total. The summed E-state index contributed by atoms with van der Waals surface area (Å²) in [5, 5.41) is 1.02. The molecule has 1 unspecified atom stereocenters. The van der Waals surface area contributed by atoms with Crippen molar-refractivity contribution in [1.29, 1.82) is 0 Å². The Balaban J connectivity index is 2.02. The Morgan fingerprint density at radius 3 is 2.75 bits per heavy atom. The molecule has 1 aliphatic carbocycles. The van der Waals surface area contributed by atoms with Crippen molar-refractivity contribution in [2.45, 2.75) is 25.2 Å². The Hall–Kier alpha value is -1.31. The molecule has 1 atom stereocenters. The van der Waals surface area contributed by atoms with Crippen LogP contribution in [0.15, 0.2) is 42.5 Å². The fraction of sp³-hybridized carbons (Fsp3) is 0.235. The maximum Gasteiger partial charge on any atom is 0.171 e. The lowest BCUT2D eigenvalue weighted by Crippen LogP contribution is -2.19. The van der Waals surface area contributed by atoms with E-state index >= 15 is 0 Å². The Bertz CT molecular complexity index is 664. The van der Waals surface area contributed by atoms with Gasteiger partial charge in [0.15, 0.2) is 5.78 Å². The van der Waals surface area contributed by atoms with Crippen molar-refractivity contribution in [3.63, 3.8) is 0 Å². The highest BCUT2D eigenvalue weighted by atomic mass is 35.5. The van der Waals surface area contributed by atoms with Crippen LogP contribution in [-0.2, 0) is 6.42 Å². The minimum absolute atomic E-state index is 0.0738. The van der Waals surface area contributed by atoms with E-state index in [9.17, 15) is 4.79 Å². The molecular weight excluding hydrogens is 291 g/mol. The summed E-state index contributed by atoms with van der Waals surface area (Å²) < 4.78 is 0. The second kappa shape index (κ2) is 5.59. The van der Waals surface area contributed by atoms with Crippen LogP contribution in [0.1, 0.15) is 40.2 Å². The first-order valence-corrected chi connectivity index (χ1v) is 7.49. The zero-order valence-corrected chi connectivity index (χ0v) is 12.4. The van der Waals surface area contributed by atoms with Gasteiger partial charge in [0.1, 0.15) is 0 Å². The van der Waals surface area contributed by atoms with Gasteiger partial charge in [-0.3, -0.25) is 4.79 Å². The van der Waals surface area contributed by atoms with Crippen LogP contribution in [0.5, 0.6) is 0 Å². The van der Waals surface area contributed by atoms with Crippen LogP contribution >= 0.6 is 23.2 Å². The maximum atomic E-state index is 12.8. The van der Waals surface area contributed by atoms with E-state index in [1.807, 2.05) is 12.1 Å². The summed E-state index contributed by atoms with van der Waals surface area (Å²) in [6, 6.07) is 13.2. The second-order valence-corrected chi connectivity index (χ2v) is 5.98. The van der Waals surface area contributed by atoms with E-state index in [4.69, 9.17) is 23.2 Å². The first kappa shape index (κ1) is 13.7. The Kier molecular flexibility index (Phi) is 3.82. The fourth-order valence-electron chi connectivity index (χ4n) is 2.90. The number of halogens is 2. The number of hydrogen-bond donors (Lipinski definition) is 0. The third-order valence-corrected chi connectivity index (χ3v) is 4.44. The molecule has 3 rings (SSSR count). The van der Waals surface area contributed by atoms with Gasteiger partial charge in [-0.15, -0.1) is 0 Å². The van der Waals surface area contributed by atoms with Crippen molar-refractivity contribution in [3.05, 3.63) is 69.2 Å². The molecule has 0 spiro atoms. The van der Waals surface area contributed by atoms with Gasteiger partial charge in [-0.1, -0.05) is 47.5 Å². The summed E-state index contributed by atoms with van der Waals surface area (Å²) in [5.74, 6) is -0.0273. The van der Waals surface area contributed by atoms with E-state index in [-0.39, 0.29) is 11.7 Å². The van der Waals surface area contributed by atoms with Crippen molar-refractivity contribution >= 4 is 29.0 Å². The Labute approximate surface area is 128 Å². The number of aryl methyl sites for hydroxylation is 1. The van der Waals surface area contributed by atoms with E-state index in [1.165, 1.54) is 5.56 Å². The average Bonchev–Trinajstić information content (AvgIpc) is 2.48. The number of hydrogen-bond acceptors (Lipinski definition) is 1. The lowest BCUT2D eigenvalue weighted by Gasteiger charge is -2.24. The van der Waals surface area contributed by atoms with Gasteiger partial charge >= 0.3 is 0 Å². The van der Waals surface area contributed by atoms with Crippen LogP contribution in [0.4, 0.5) is 0 Å². The van der Waals surface area contributed by atoms with Gasteiger partial charge in [-0.25, -0.2) is 0 Å². The zero-order valence-electron chi connectivity index (χ0n) is 10.9. The van der Waals surface area contributed by atoms with Gasteiger partial charge < -0.3 is 0 Å². The van der Waals surface area contributed by atoms with Crippen LogP contribution in [0, 0.1) is 0 Å². The Morgan fingerprint density at radius 1 is 1.10 bits per heavy atom. The normalized spacial score (nSPS) is 17.6. The molecule has 0 heterocycles. The van der Waals surface area contributed by atoms with E-state index in [1.54, 1.807) is 18.2 Å². The molecule has 3 heteroatoms. The predicted octanol–water partition coefficient (Wildman–Crippen LogP) is 5.30. The molecule has 0 aromatic heterocycles. The smallest absolute Gasteiger partial charge is 0.171 e. The quantitative estimate of drug-likeness (QED) is 0.688. The summed E-state index contributed by atoms with van der Waals surface area (Å²) >= 11 is 12.1. The lowest BCUT2D eigenvalue weighted by molar-refractivity contribution is 0.0951. The Morgan fingerprint density at radius 2 is 1.90 bits per heavy atom.